The zero-order valence-corrected chi connectivity index (χ0v) is 9.47. The molecule has 1 aliphatic carbocycles. The van der Waals surface area contributed by atoms with Gasteiger partial charge in [0.15, 0.2) is 0 Å². The van der Waals surface area contributed by atoms with Crippen molar-refractivity contribution in [3.8, 4) is 0 Å². The molecule has 0 bridgehead atoms. The van der Waals surface area contributed by atoms with Crippen molar-refractivity contribution >= 4 is 0 Å². The van der Waals surface area contributed by atoms with Crippen molar-refractivity contribution in [2.24, 2.45) is 0 Å². The van der Waals surface area contributed by atoms with Gasteiger partial charge in [-0.05, 0) is 67.3 Å². The van der Waals surface area contributed by atoms with Gasteiger partial charge in [0.2, 0.25) is 0 Å². The summed E-state index contributed by atoms with van der Waals surface area (Å²) >= 11 is 0. The fraction of sp³-hybridized carbons (Fsp3) is 0.571. The quantitative estimate of drug-likeness (QED) is 0.736. The van der Waals surface area contributed by atoms with Gasteiger partial charge in [0, 0.05) is 6.54 Å². The second-order valence-electron chi connectivity index (χ2n) is 4.97. The SMILES string of the molecule is Cc1ccc(C2CCNC2)c2c1CCC2. The van der Waals surface area contributed by atoms with Gasteiger partial charge < -0.3 is 5.32 Å². The van der Waals surface area contributed by atoms with Gasteiger partial charge in [-0.15, -0.1) is 0 Å². The number of benzene rings is 1. The topological polar surface area (TPSA) is 12.0 Å². The lowest BCUT2D eigenvalue weighted by atomic mass is 9.90. The molecular weight excluding hydrogens is 182 g/mol. The van der Waals surface area contributed by atoms with Crippen LogP contribution in [-0.4, -0.2) is 13.1 Å². The van der Waals surface area contributed by atoms with E-state index in [4.69, 9.17) is 0 Å². The molecule has 1 saturated heterocycles. The summed E-state index contributed by atoms with van der Waals surface area (Å²) in [6.45, 7) is 4.66. The fourth-order valence-electron chi connectivity index (χ4n) is 3.22. The van der Waals surface area contributed by atoms with Crippen molar-refractivity contribution in [2.45, 2.75) is 38.5 Å². The predicted octanol–water partition coefficient (Wildman–Crippen LogP) is 2.56. The summed E-state index contributed by atoms with van der Waals surface area (Å²) in [4.78, 5) is 0. The number of hydrogen-bond acceptors (Lipinski definition) is 1. The van der Waals surface area contributed by atoms with E-state index in [0.29, 0.717) is 0 Å². The van der Waals surface area contributed by atoms with Crippen LogP contribution in [0.5, 0.6) is 0 Å². The third-order valence-corrected chi connectivity index (χ3v) is 4.06. The Kier molecular flexibility index (Phi) is 2.28. The first-order valence-corrected chi connectivity index (χ1v) is 6.18. The summed E-state index contributed by atoms with van der Waals surface area (Å²) in [5.74, 6) is 0.789. The Labute approximate surface area is 91.9 Å². The minimum atomic E-state index is 0.789. The summed E-state index contributed by atoms with van der Waals surface area (Å²) in [5, 5.41) is 3.48. The third-order valence-electron chi connectivity index (χ3n) is 4.06. The zero-order valence-electron chi connectivity index (χ0n) is 9.47. The lowest BCUT2D eigenvalue weighted by molar-refractivity contribution is 0.751. The second-order valence-corrected chi connectivity index (χ2v) is 4.97. The number of hydrogen-bond donors (Lipinski definition) is 1. The van der Waals surface area contributed by atoms with Gasteiger partial charge in [0.05, 0.1) is 0 Å². The molecule has 0 radical (unpaired) electrons. The molecule has 0 saturated carbocycles. The lowest BCUT2D eigenvalue weighted by Crippen LogP contribution is -2.09. The number of fused-ring (bicyclic) bond motifs is 1. The van der Waals surface area contributed by atoms with Crippen LogP contribution in [0.1, 0.15) is 41.0 Å². The van der Waals surface area contributed by atoms with E-state index >= 15 is 0 Å². The second kappa shape index (κ2) is 3.64. The molecule has 1 aromatic rings. The first kappa shape index (κ1) is 9.41. The van der Waals surface area contributed by atoms with Crippen LogP contribution in [0, 0.1) is 6.92 Å². The molecule has 1 nitrogen and oxygen atoms in total. The van der Waals surface area contributed by atoms with Crippen molar-refractivity contribution in [2.75, 3.05) is 13.1 Å². The summed E-state index contributed by atoms with van der Waals surface area (Å²) in [7, 11) is 0. The van der Waals surface area contributed by atoms with E-state index in [1.807, 2.05) is 0 Å². The maximum atomic E-state index is 3.48. The Morgan fingerprint density at radius 2 is 2.07 bits per heavy atom. The van der Waals surface area contributed by atoms with Crippen LogP contribution in [0.15, 0.2) is 12.1 Å². The van der Waals surface area contributed by atoms with E-state index in [9.17, 15) is 0 Å². The van der Waals surface area contributed by atoms with E-state index in [1.165, 1.54) is 44.3 Å². The van der Waals surface area contributed by atoms with Gasteiger partial charge >= 0.3 is 0 Å². The van der Waals surface area contributed by atoms with Crippen molar-refractivity contribution in [1.29, 1.82) is 0 Å². The molecule has 1 atom stereocenters. The van der Waals surface area contributed by atoms with E-state index in [1.54, 1.807) is 16.7 Å². The Morgan fingerprint density at radius 1 is 1.20 bits per heavy atom. The molecule has 2 aliphatic rings. The Bertz CT molecular complexity index is 375. The smallest absolute Gasteiger partial charge is 0.00207 e. The molecule has 15 heavy (non-hydrogen) atoms. The van der Waals surface area contributed by atoms with E-state index in [-0.39, 0.29) is 0 Å². The van der Waals surface area contributed by atoms with E-state index < -0.39 is 0 Å². The molecule has 0 aromatic heterocycles. The molecule has 0 amide bonds. The van der Waals surface area contributed by atoms with Crippen LogP contribution in [0.25, 0.3) is 0 Å². The van der Waals surface area contributed by atoms with Crippen LogP contribution in [0.4, 0.5) is 0 Å². The number of nitrogens with one attached hydrogen (secondary N) is 1. The van der Waals surface area contributed by atoms with Gasteiger partial charge in [0.1, 0.15) is 0 Å². The van der Waals surface area contributed by atoms with Crippen LogP contribution in [0.2, 0.25) is 0 Å². The lowest BCUT2D eigenvalue weighted by Gasteiger charge is -2.15. The molecule has 1 aliphatic heterocycles. The maximum absolute atomic E-state index is 3.48. The summed E-state index contributed by atoms with van der Waals surface area (Å²) < 4.78 is 0. The summed E-state index contributed by atoms with van der Waals surface area (Å²) in [6.07, 6.45) is 5.33. The summed E-state index contributed by atoms with van der Waals surface area (Å²) in [6, 6.07) is 4.72. The average Bonchev–Trinajstić information content (AvgIpc) is 2.88. The Morgan fingerprint density at radius 3 is 2.87 bits per heavy atom. The van der Waals surface area contributed by atoms with Crippen LogP contribution < -0.4 is 5.32 Å². The van der Waals surface area contributed by atoms with Crippen LogP contribution >= 0.6 is 0 Å². The van der Waals surface area contributed by atoms with E-state index in [2.05, 4.69) is 24.4 Å². The minimum Gasteiger partial charge on any atom is -0.316 e. The van der Waals surface area contributed by atoms with Crippen molar-refractivity contribution in [3.05, 3.63) is 34.4 Å². The van der Waals surface area contributed by atoms with Crippen molar-refractivity contribution in [1.82, 2.24) is 5.32 Å². The molecule has 1 heteroatoms. The predicted molar refractivity (Wildman–Crippen MR) is 63.4 cm³/mol. The van der Waals surface area contributed by atoms with Crippen molar-refractivity contribution < 1.29 is 0 Å². The first-order chi connectivity index (χ1) is 7.36. The standard InChI is InChI=1S/C14H19N/c1-10-5-6-13(11-7-8-15-9-11)14-4-2-3-12(10)14/h5-6,11,15H,2-4,7-9H2,1H3. The summed E-state index contributed by atoms with van der Waals surface area (Å²) in [5.41, 5.74) is 6.53. The number of aryl methyl sites for hydroxylation is 1. The molecule has 0 spiro atoms. The average molecular weight is 201 g/mol. The molecular formula is C14H19N. The maximum Gasteiger partial charge on any atom is 0.00207 e. The highest BCUT2D eigenvalue weighted by atomic mass is 14.9. The third kappa shape index (κ3) is 1.50. The Hall–Kier alpha value is -0.820. The van der Waals surface area contributed by atoms with Gasteiger partial charge in [-0.2, -0.15) is 0 Å². The molecule has 3 rings (SSSR count). The molecule has 1 aromatic carbocycles. The first-order valence-electron chi connectivity index (χ1n) is 6.18. The zero-order chi connectivity index (χ0) is 10.3. The number of rotatable bonds is 1. The monoisotopic (exact) mass is 201 g/mol. The molecule has 1 fully saturated rings. The molecule has 1 heterocycles. The van der Waals surface area contributed by atoms with E-state index in [0.717, 1.165) is 5.92 Å². The molecule has 80 valence electrons. The van der Waals surface area contributed by atoms with Crippen LogP contribution in [0.3, 0.4) is 0 Å². The highest BCUT2D eigenvalue weighted by molar-refractivity contribution is 5.45. The highest BCUT2D eigenvalue weighted by Crippen LogP contribution is 2.34. The van der Waals surface area contributed by atoms with Crippen LogP contribution in [-0.2, 0) is 12.8 Å². The van der Waals surface area contributed by atoms with Crippen molar-refractivity contribution in [3.63, 3.8) is 0 Å². The molecule has 1 N–H and O–H groups in total. The van der Waals surface area contributed by atoms with Gasteiger partial charge in [-0.25, -0.2) is 0 Å². The van der Waals surface area contributed by atoms with Gasteiger partial charge in [-0.3, -0.25) is 0 Å². The normalized spacial score (nSPS) is 24.5. The minimum absolute atomic E-state index is 0.789. The largest absolute Gasteiger partial charge is 0.316 e. The Balaban J connectivity index is 2.04. The fourth-order valence-corrected chi connectivity index (χ4v) is 3.22. The molecule has 1 unspecified atom stereocenters. The van der Waals surface area contributed by atoms with Gasteiger partial charge in [0.25, 0.3) is 0 Å². The van der Waals surface area contributed by atoms with Gasteiger partial charge in [-0.1, -0.05) is 12.1 Å². The highest BCUT2D eigenvalue weighted by Gasteiger charge is 2.23.